The summed E-state index contributed by atoms with van der Waals surface area (Å²) < 4.78 is 31.4. The Hall–Kier alpha value is -1.46. The first-order chi connectivity index (χ1) is 9.60. The SMILES string of the molecule is COCCCCNS(=O)(=O)c1cncc(C#CCO)c1. The lowest BCUT2D eigenvalue weighted by atomic mass is 10.3. The number of sulfonamides is 1. The highest BCUT2D eigenvalue weighted by Gasteiger charge is 2.13. The highest BCUT2D eigenvalue weighted by Crippen LogP contribution is 2.08. The van der Waals surface area contributed by atoms with E-state index in [4.69, 9.17) is 9.84 Å². The Morgan fingerprint density at radius 1 is 1.40 bits per heavy atom. The number of unbranched alkanes of at least 4 members (excludes halogenated alkanes) is 1. The monoisotopic (exact) mass is 298 g/mol. The number of hydrogen-bond donors (Lipinski definition) is 2. The fraction of sp³-hybridized carbons (Fsp3) is 0.462. The van der Waals surface area contributed by atoms with Gasteiger partial charge < -0.3 is 9.84 Å². The molecule has 0 saturated heterocycles. The van der Waals surface area contributed by atoms with E-state index in [1.165, 1.54) is 18.5 Å². The van der Waals surface area contributed by atoms with Gasteiger partial charge in [0, 0.05) is 38.2 Å². The highest BCUT2D eigenvalue weighted by atomic mass is 32.2. The van der Waals surface area contributed by atoms with Crippen LogP contribution in [-0.2, 0) is 14.8 Å². The van der Waals surface area contributed by atoms with Gasteiger partial charge in [-0.05, 0) is 18.9 Å². The molecule has 0 spiro atoms. The van der Waals surface area contributed by atoms with Crippen LogP contribution in [0.15, 0.2) is 23.4 Å². The lowest BCUT2D eigenvalue weighted by Crippen LogP contribution is -2.25. The molecule has 0 atom stereocenters. The zero-order valence-electron chi connectivity index (χ0n) is 11.3. The van der Waals surface area contributed by atoms with Crippen LogP contribution in [0, 0.1) is 11.8 Å². The predicted molar refractivity (Wildman–Crippen MR) is 74.5 cm³/mol. The first-order valence-corrected chi connectivity index (χ1v) is 7.62. The van der Waals surface area contributed by atoms with E-state index < -0.39 is 10.0 Å². The first-order valence-electron chi connectivity index (χ1n) is 6.13. The first kappa shape index (κ1) is 16.6. The third-order valence-corrected chi connectivity index (χ3v) is 3.83. The number of aliphatic hydroxyl groups excluding tert-OH is 1. The molecule has 0 amide bonds. The maximum atomic E-state index is 12.0. The van der Waals surface area contributed by atoms with E-state index >= 15 is 0 Å². The summed E-state index contributed by atoms with van der Waals surface area (Å²) in [5.41, 5.74) is 0.446. The van der Waals surface area contributed by atoms with E-state index in [9.17, 15) is 8.42 Å². The summed E-state index contributed by atoms with van der Waals surface area (Å²) in [5.74, 6) is 5.07. The van der Waals surface area contributed by atoms with Gasteiger partial charge in [0.15, 0.2) is 0 Å². The molecule has 0 fully saturated rings. The van der Waals surface area contributed by atoms with E-state index in [0.717, 1.165) is 6.42 Å². The van der Waals surface area contributed by atoms with E-state index in [2.05, 4.69) is 21.5 Å². The quantitative estimate of drug-likeness (QED) is 0.552. The van der Waals surface area contributed by atoms with Gasteiger partial charge in [-0.3, -0.25) is 4.98 Å². The molecule has 0 saturated carbocycles. The van der Waals surface area contributed by atoms with Crippen molar-refractivity contribution in [3.05, 3.63) is 24.0 Å². The second-order valence-electron chi connectivity index (χ2n) is 3.97. The molecule has 2 N–H and O–H groups in total. The van der Waals surface area contributed by atoms with Gasteiger partial charge in [0.1, 0.15) is 11.5 Å². The second kappa shape index (κ2) is 8.66. The van der Waals surface area contributed by atoms with Crippen molar-refractivity contribution in [2.75, 3.05) is 26.9 Å². The van der Waals surface area contributed by atoms with Gasteiger partial charge in [-0.15, -0.1) is 0 Å². The Morgan fingerprint density at radius 2 is 2.20 bits per heavy atom. The van der Waals surface area contributed by atoms with E-state index in [-0.39, 0.29) is 11.5 Å². The van der Waals surface area contributed by atoms with Gasteiger partial charge in [-0.25, -0.2) is 13.1 Å². The van der Waals surface area contributed by atoms with Crippen molar-refractivity contribution in [1.29, 1.82) is 0 Å². The molecule has 6 nitrogen and oxygen atoms in total. The van der Waals surface area contributed by atoms with Crippen molar-refractivity contribution in [2.45, 2.75) is 17.7 Å². The normalized spacial score (nSPS) is 10.9. The van der Waals surface area contributed by atoms with Crippen LogP contribution in [0.2, 0.25) is 0 Å². The van der Waals surface area contributed by atoms with Crippen molar-refractivity contribution in [1.82, 2.24) is 9.71 Å². The van der Waals surface area contributed by atoms with E-state index in [1.807, 2.05) is 0 Å². The number of hydrogen-bond acceptors (Lipinski definition) is 5. The number of aliphatic hydroxyl groups is 1. The molecular formula is C13H18N2O4S. The van der Waals surface area contributed by atoms with Crippen LogP contribution < -0.4 is 4.72 Å². The molecule has 1 heterocycles. The van der Waals surface area contributed by atoms with Crippen LogP contribution in [0.3, 0.4) is 0 Å². The maximum Gasteiger partial charge on any atom is 0.242 e. The summed E-state index contributed by atoms with van der Waals surface area (Å²) in [4.78, 5) is 3.90. The summed E-state index contributed by atoms with van der Waals surface area (Å²) in [6.07, 6.45) is 4.20. The van der Waals surface area contributed by atoms with Crippen LogP contribution in [-0.4, -0.2) is 45.4 Å². The maximum absolute atomic E-state index is 12.0. The zero-order chi connectivity index (χ0) is 14.8. The fourth-order valence-electron chi connectivity index (χ4n) is 1.44. The molecule has 1 rings (SSSR count). The number of ether oxygens (including phenoxy) is 1. The number of nitrogens with one attached hydrogen (secondary N) is 1. The minimum absolute atomic E-state index is 0.0639. The van der Waals surface area contributed by atoms with Gasteiger partial charge >= 0.3 is 0 Å². The molecule has 0 aliphatic rings. The number of aromatic nitrogens is 1. The minimum atomic E-state index is -3.58. The zero-order valence-corrected chi connectivity index (χ0v) is 12.1. The van der Waals surface area contributed by atoms with Crippen molar-refractivity contribution < 1.29 is 18.3 Å². The predicted octanol–water partition coefficient (Wildman–Crippen LogP) is 0.130. The Balaban J connectivity index is 2.67. The van der Waals surface area contributed by atoms with Crippen LogP contribution >= 0.6 is 0 Å². The van der Waals surface area contributed by atoms with Crippen molar-refractivity contribution in [2.24, 2.45) is 0 Å². The number of methoxy groups -OCH3 is 1. The molecular weight excluding hydrogens is 280 g/mol. The summed E-state index contributed by atoms with van der Waals surface area (Å²) in [7, 11) is -1.97. The van der Waals surface area contributed by atoms with Crippen molar-refractivity contribution >= 4 is 10.0 Å². The lowest BCUT2D eigenvalue weighted by Gasteiger charge is -2.06. The van der Waals surface area contributed by atoms with Crippen LogP contribution in [0.4, 0.5) is 0 Å². The largest absolute Gasteiger partial charge is 0.385 e. The minimum Gasteiger partial charge on any atom is -0.385 e. The molecule has 20 heavy (non-hydrogen) atoms. The van der Waals surface area contributed by atoms with Gasteiger partial charge in [-0.1, -0.05) is 11.8 Å². The summed E-state index contributed by atoms with van der Waals surface area (Å²) in [6, 6.07) is 1.42. The molecule has 110 valence electrons. The number of rotatable bonds is 7. The lowest BCUT2D eigenvalue weighted by molar-refractivity contribution is 0.193. The molecule has 0 radical (unpaired) electrons. The van der Waals surface area contributed by atoms with Crippen LogP contribution in [0.1, 0.15) is 18.4 Å². The molecule has 0 aliphatic heterocycles. The average molecular weight is 298 g/mol. The molecule has 0 aromatic carbocycles. The summed E-state index contributed by atoms with van der Waals surface area (Å²) in [6.45, 7) is 0.669. The van der Waals surface area contributed by atoms with Crippen LogP contribution in [0.5, 0.6) is 0 Å². The molecule has 0 bridgehead atoms. The standard InChI is InChI=1S/C13H18N2O4S/c1-19-8-3-2-6-15-20(17,18)13-9-12(5-4-7-16)10-14-11-13/h9-11,15-16H,2-3,6-8H2,1H3. The molecule has 0 unspecified atom stereocenters. The van der Waals surface area contributed by atoms with E-state index in [1.54, 1.807) is 7.11 Å². The van der Waals surface area contributed by atoms with Crippen molar-refractivity contribution in [3.8, 4) is 11.8 Å². The Labute approximate surface area is 119 Å². The Kier molecular flexibility index (Phi) is 7.18. The topological polar surface area (TPSA) is 88.5 Å². The molecule has 1 aromatic rings. The van der Waals surface area contributed by atoms with Gasteiger partial charge in [0.25, 0.3) is 0 Å². The fourth-order valence-corrected chi connectivity index (χ4v) is 2.50. The van der Waals surface area contributed by atoms with Crippen LogP contribution in [0.25, 0.3) is 0 Å². The average Bonchev–Trinajstić information content (AvgIpc) is 2.45. The van der Waals surface area contributed by atoms with E-state index in [0.29, 0.717) is 25.1 Å². The number of pyridine rings is 1. The van der Waals surface area contributed by atoms with Gasteiger partial charge in [0.2, 0.25) is 10.0 Å². The summed E-state index contributed by atoms with van der Waals surface area (Å²) >= 11 is 0. The van der Waals surface area contributed by atoms with Gasteiger partial charge in [0.05, 0.1) is 0 Å². The van der Waals surface area contributed by atoms with Crippen molar-refractivity contribution in [3.63, 3.8) is 0 Å². The Morgan fingerprint density at radius 3 is 2.90 bits per heavy atom. The molecule has 0 aliphatic carbocycles. The molecule has 1 aromatic heterocycles. The summed E-state index contributed by atoms with van der Waals surface area (Å²) in [5, 5.41) is 8.61. The third kappa shape index (κ3) is 5.67. The number of nitrogens with zero attached hydrogens (tertiary/aromatic N) is 1. The smallest absolute Gasteiger partial charge is 0.242 e. The molecule has 7 heteroatoms. The second-order valence-corrected chi connectivity index (χ2v) is 5.73. The highest BCUT2D eigenvalue weighted by molar-refractivity contribution is 7.89. The third-order valence-electron chi connectivity index (χ3n) is 2.40. The Bertz CT molecular complexity index is 576. The van der Waals surface area contributed by atoms with Gasteiger partial charge in [-0.2, -0.15) is 0 Å².